The third kappa shape index (κ3) is 3.71. The largest absolute Gasteiger partial charge is 0.503 e. The Morgan fingerprint density at radius 1 is 1.47 bits per heavy atom. The van der Waals surface area contributed by atoms with Gasteiger partial charge in [-0.3, -0.25) is 0 Å². The van der Waals surface area contributed by atoms with Gasteiger partial charge in [0.15, 0.2) is 11.5 Å². The number of halogens is 1. The van der Waals surface area contributed by atoms with Crippen LogP contribution in [-0.4, -0.2) is 28.3 Å². The molecule has 102 valence electrons. The van der Waals surface area contributed by atoms with Gasteiger partial charge in [-0.05, 0) is 33.6 Å². The van der Waals surface area contributed by atoms with Crippen LogP contribution in [0, 0.1) is 0 Å². The number of imidazole rings is 1. The molecule has 0 unspecified atom stereocenters. The quantitative estimate of drug-likeness (QED) is 0.799. The highest BCUT2D eigenvalue weighted by Crippen LogP contribution is 2.35. The zero-order valence-corrected chi connectivity index (χ0v) is 12.2. The number of benzene rings is 1. The molecule has 5 nitrogen and oxygen atoms in total. The Morgan fingerprint density at radius 2 is 2.32 bits per heavy atom. The van der Waals surface area contributed by atoms with E-state index in [1.807, 2.05) is 22.9 Å². The summed E-state index contributed by atoms with van der Waals surface area (Å²) in [6, 6.07) is 3.70. The van der Waals surface area contributed by atoms with E-state index in [0.717, 1.165) is 18.7 Å². The first-order valence-corrected chi connectivity index (χ1v) is 6.72. The van der Waals surface area contributed by atoms with Gasteiger partial charge in [-0.1, -0.05) is 0 Å². The predicted molar refractivity (Wildman–Crippen MR) is 76.3 cm³/mol. The summed E-state index contributed by atoms with van der Waals surface area (Å²) in [7, 11) is 1.54. The van der Waals surface area contributed by atoms with Crippen LogP contribution in [0.25, 0.3) is 0 Å². The SMILES string of the molecule is COc1cc(CNCCn2ccnc2)cc(Br)c1O. The fraction of sp³-hybridized carbons (Fsp3) is 0.308. The van der Waals surface area contributed by atoms with Crippen molar-refractivity contribution in [3.63, 3.8) is 0 Å². The lowest BCUT2D eigenvalue weighted by molar-refractivity contribution is 0.371. The second kappa shape index (κ2) is 6.58. The van der Waals surface area contributed by atoms with Crippen LogP contribution in [0.2, 0.25) is 0 Å². The number of aromatic hydroxyl groups is 1. The number of nitrogens with one attached hydrogen (secondary N) is 1. The monoisotopic (exact) mass is 325 g/mol. The highest BCUT2D eigenvalue weighted by Gasteiger charge is 2.08. The van der Waals surface area contributed by atoms with Gasteiger partial charge in [0.05, 0.1) is 17.9 Å². The Kier molecular flexibility index (Phi) is 4.81. The fourth-order valence-corrected chi connectivity index (χ4v) is 2.23. The Morgan fingerprint density at radius 3 is 3.00 bits per heavy atom. The molecule has 2 rings (SSSR count). The molecule has 0 saturated carbocycles. The highest BCUT2D eigenvalue weighted by atomic mass is 79.9. The van der Waals surface area contributed by atoms with Crippen molar-refractivity contribution in [2.75, 3.05) is 13.7 Å². The van der Waals surface area contributed by atoms with Gasteiger partial charge >= 0.3 is 0 Å². The van der Waals surface area contributed by atoms with Crippen molar-refractivity contribution in [1.82, 2.24) is 14.9 Å². The molecule has 0 fully saturated rings. The highest BCUT2D eigenvalue weighted by molar-refractivity contribution is 9.10. The van der Waals surface area contributed by atoms with Crippen LogP contribution in [0.3, 0.4) is 0 Å². The lowest BCUT2D eigenvalue weighted by Gasteiger charge is -2.10. The van der Waals surface area contributed by atoms with Crippen LogP contribution in [0.4, 0.5) is 0 Å². The second-order valence-corrected chi connectivity index (χ2v) is 4.96. The molecule has 0 radical (unpaired) electrons. The van der Waals surface area contributed by atoms with Crippen molar-refractivity contribution in [3.8, 4) is 11.5 Å². The number of nitrogens with zero attached hydrogens (tertiary/aromatic N) is 2. The van der Waals surface area contributed by atoms with Gasteiger partial charge in [0, 0.05) is 32.0 Å². The topological polar surface area (TPSA) is 59.3 Å². The molecule has 0 spiro atoms. The van der Waals surface area contributed by atoms with Crippen molar-refractivity contribution in [2.45, 2.75) is 13.1 Å². The van der Waals surface area contributed by atoms with Gasteiger partial charge in [-0.25, -0.2) is 4.98 Å². The summed E-state index contributed by atoms with van der Waals surface area (Å²) in [6.07, 6.45) is 5.49. The normalized spacial score (nSPS) is 10.6. The lowest BCUT2D eigenvalue weighted by atomic mass is 10.2. The number of rotatable bonds is 6. The van der Waals surface area contributed by atoms with Crippen LogP contribution in [-0.2, 0) is 13.1 Å². The first-order valence-electron chi connectivity index (χ1n) is 5.92. The standard InChI is InChI=1S/C13H16BrN3O2/c1-19-12-7-10(6-11(14)13(12)18)8-15-2-4-17-5-3-16-9-17/h3,5-7,9,15,18H,2,4,8H2,1H3. The van der Waals surface area contributed by atoms with Crippen molar-refractivity contribution in [2.24, 2.45) is 0 Å². The third-order valence-corrected chi connectivity index (χ3v) is 3.35. The maximum absolute atomic E-state index is 9.72. The minimum atomic E-state index is 0.129. The van der Waals surface area contributed by atoms with Crippen LogP contribution < -0.4 is 10.1 Å². The number of aromatic nitrogens is 2. The summed E-state index contributed by atoms with van der Waals surface area (Å²) in [5, 5.41) is 13.0. The van der Waals surface area contributed by atoms with Gasteiger partial charge in [0.1, 0.15) is 0 Å². The number of hydrogen-bond acceptors (Lipinski definition) is 4. The number of phenols is 1. The average molecular weight is 326 g/mol. The Bertz CT molecular complexity index is 529. The number of methoxy groups -OCH3 is 1. The van der Waals surface area contributed by atoms with E-state index in [2.05, 4.69) is 26.2 Å². The fourth-order valence-electron chi connectivity index (χ4n) is 1.74. The summed E-state index contributed by atoms with van der Waals surface area (Å²) in [5.74, 6) is 0.602. The predicted octanol–water partition coefficient (Wildman–Crippen LogP) is 2.15. The maximum Gasteiger partial charge on any atom is 0.172 e. The zero-order valence-electron chi connectivity index (χ0n) is 10.6. The number of ether oxygens (including phenoxy) is 1. The average Bonchev–Trinajstić information content (AvgIpc) is 2.91. The van der Waals surface area contributed by atoms with Crippen LogP contribution in [0.5, 0.6) is 11.5 Å². The Hall–Kier alpha value is -1.53. The van der Waals surface area contributed by atoms with E-state index < -0.39 is 0 Å². The van der Waals surface area contributed by atoms with E-state index >= 15 is 0 Å². The van der Waals surface area contributed by atoms with Crippen LogP contribution >= 0.6 is 15.9 Å². The smallest absolute Gasteiger partial charge is 0.172 e. The molecule has 0 bridgehead atoms. The third-order valence-electron chi connectivity index (χ3n) is 2.74. The molecule has 1 aromatic carbocycles. The van der Waals surface area contributed by atoms with Crippen LogP contribution in [0.1, 0.15) is 5.56 Å². The first-order chi connectivity index (χ1) is 9.20. The van der Waals surface area contributed by atoms with Crippen LogP contribution in [0.15, 0.2) is 35.3 Å². The molecule has 0 saturated heterocycles. The van der Waals surface area contributed by atoms with E-state index in [1.54, 1.807) is 12.5 Å². The van der Waals surface area contributed by atoms with Gasteiger partial charge < -0.3 is 19.7 Å². The summed E-state index contributed by atoms with van der Waals surface area (Å²) >= 11 is 3.31. The summed E-state index contributed by atoms with van der Waals surface area (Å²) in [4.78, 5) is 3.99. The van der Waals surface area contributed by atoms with Gasteiger partial charge in [-0.2, -0.15) is 0 Å². The first kappa shape index (κ1) is 13.9. The van der Waals surface area contributed by atoms with Crippen molar-refractivity contribution in [1.29, 1.82) is 0 Å². The molecular formula is C13H16BrN3O2. The summed E-state index contributed by atoms with van der Waals surface area (Å²) in [6.45, 7) is 2.43. The minimum absolute atomic E-state index is 0.129. The van der Waals surface area contributed by atoms with E-state index in [4.69, 9.17) is 4.74 Å². The lowest BCUT2D eigenvalue weighted by Crippen LogP contribution is -2.19. The van der Waals surface area contributed by atoms with E-state index in [-0.39, 0.29) is 5.75 Å². The van der Waals surface area contributed by atoms with E-state index in [9.17, 15) is 5.11 Å². The number of phenolic OH excluding ortho intramolecular Hbond substituents is 1. The van der Waals surface area contributed by atoms with Gasteiger partial charge in [-0.15, -0.1) is 0 Å². The Labute approximate surface area is 120 Å². The number of hydrogen-bond donors (Lipinski definition) is 2. The molecule has 1 heterocycles. The van der Waals surface area contributed by atoms with Crippen molar-refractivity contribution >= 4 is 15.9 Å². The molecule has 0 aliphatic carbocycles. The molecule has 0 aliphatic heterocycles. The minimum Gasteiger partial charge on any atom is -0.503 e. The van der Waals surface area contributed by atoms with Crippen molar-refractivity contribution in [3.05, 3.63) is 40.9 Å². The van der Waals surface area contributed by atoms with Gasteiger partial charge in [0.2, 0.25) is 0 Å². The molecule has 1 aromatic heterocycles. The molecule has 19 heavy (non-hydrogen) atoms. The van der Waals surface area contributed by atoms with E-state index in [0.29, 0.717) is 16.8 Å². The molecule has 2 aromatic rings. The zero-order chi connectivity index (χ0) is 13.7. The van der Waals surface area contributed by atoms with Gasteiger partial charge in [0.25, 0.3) is 0 Å². The molecule has 0 aliphatic rings. The molecule has 0 amide bonds. The van der Waals surface area contributed by atoms with Crippen molar-refractivity contribution < 1.29 is 9.84 Å². The summed E-state index contributed by atoms with van der Waals surface area (Å²) in [5.41, 5.74) is 1.05. The molecule has 2 N–H and O–H groups in total. The summed E-state index contributed by atoms with van der Waals surface area (Å²) < 4.78 is 7.76. The molecule has 0 atom stereocenters. The Balaban J connectivity index is 1.87. The second-order valence-electron chi connectivity index (χ2n) is 4.11. The molecule has 6 heteroatoms. The van der Waals surface area contributed by atoms with E-state index in [1.165, 1.54) is 7.11 Å². The molecular weight excluding hydrogens is 310 g/mol. The maximum atomic E-state index is 9.72.